The largest absolute Gasteiger partial charge is 0.361 e. The van der Waals surface area contributed by atoms with E-state index in [0.29, 0.717) is 0 Å². The van der Waals surface area contributed by atoms with Crippen molar-refractivity contribution in [2.24, 2.45) is 5.16 Å². The smallest absolute Gasteiger partial charge is 0.199 e. The molecule has 4 nitrogen and oxygen atoms in total. The lowest BCUT2D eigenvalue weighted by Crippen LogP contribution is -2.16. The topological polar surface area (TPSA) is 55.7 Å². The van der Waals surface area contributed by atoms with Crippen molar-refractivity contribution in [2.45, 2.75) is 12.2 Å². The van der Waals surface area contributed by atoms with Gasteiger partial charge in [-0.05, 0) is 12.1 Å². The molecule has 1 aliphatic heterocycles. The third-order valence-electron chi connectivity index (χ3n) is 2.38. The highest BCUT2D eigenvalue weighted by Gasteiger charge is 2.28. The molecule has 2 rings (SSSR count). The number of sulfone groups is 1. The highest BCUT2D eigenvalue weighted by atomic mass is 32.2. The number of oxime groups is 1. The van der Waals surface area contributed by atoms with Gasteiger partial charge in [-0.2, -0.15) is 0 Å². The fourth-order valence-corrected chi connectivity index (χ4v) is 2.81. The van der Waals surface area contributed by atoms with Gasteiger partial charge in [-0.3, -0.25) is 0 Å². The summed E-state index contributed by atoms with van der Waals surface area (Å²) in [4.78, 5) is 4.58. The summed E-state index contributed by atoms with van der Waals surface area (Å²) in [5, 5.41) is 3.06. The van der Waals surface area contributed by atoms with Crippen LogP contribution >= 0.6 is 0 Å². The molecule has 0 amide bonds. The summed E-state index contributed by atoms with van der Waals surface area (Å²) in [5.74, 6) is -2.42. The van der Waals surface area contributed by atoms with Crippen LogP contribution in [-0.4, -0.2) is 13.5 Å². The Kier molecular flexibility index (Phi) is 3.16. The number of benzene rings is 1. The van der Waals surface area contributed by atoms with Gasteiger partial charge in [0, 0.05) is 5.56 Å². The van der Waals surface area contributed by atoms with Crippen LogP contribution in [-0.2, 0) is 20.4 Å². The fraction of sp³-hybridized carbons (Fsp3) is 0.182. The van der Waals surface area contributed by atoms with Gasteiger partial charge in [0.2, 0.25) is 0 Å². The van der Waals surface area contributed by atoms with E-state index < -0.39 is 32.8 Å². The van der Waals surface area contributed by atoms with E-state index in [1.807, 2.05) is 0 Å². The summed E-state index contributed by atoms with van der Waals surface area (Å²) >= 11 is 0. The van der Waals surface area contributed by atoms with Gasteiger partial charge < -0.3 is 4.84 Å². The highest BCUT2D eigenvalue weighted by molar-refractivity contribution is 8.05. The molecule has 0 atom stereocenters. The molecule has 0 saturated carbocycles. The quantitative estimate of drug-likeness (QED) is 0.829. The Morgan fingerprint density at radius 1 is 1.33 bits per heavy atom. The maximum absolute atomic E-state index is 13.4. The zero-order valence-corrected chi connectivity index (χ0v) is 10.0. The molecule has 0 unspecified atom stereocenters. The average Bonchev–Trinajstić information content (AvgIpc) is 2.71. The minimum Gasteiger partial charge on any atom is -0.361 e. The molecule has 1 aromatic carbocycles. The van der Waals surface area contributed by atoms with E-state index in [0.717, 1.165) is 12.1 Å². The van der Waals surface area contributed by atoms with Crippen LogP contribution in [0.1, 0.15) is 12.0 Å². The zero-order chi connectivity index (χ0) is 13.3. The normalized spacial score (nSPS) is 15.4. The summed E-state index contributed by atoms with van der Waals surface area (Å²) in [5.41, 5.74) is -0.502. The van der Waals surface area contributed by atoms with Crippen molar-refractivity contribution in [1.29, 1.82) is 0 Å². The number of hydrogen-bond acceptors (Lipinski definition) is 4. The fourth-order valence-electron chi connectivity index (χ4n) is 1.46. The minimum atomic E-state index is -3.91. The molecule has 0 saturated heterocycles. The van der Waals surface area contributed by atoms with Crippen LogP contribution in [0.25, 0.3) is 0 Å². The molecule has 1 aromatic rings. The Bertz CT molecular complexity index is 617. The summed E-state index contributed by atoms with van der Waals surface area (Å²) in [6.45, 7) is 3.41. The molecular formula is C11H9F2NO3S. The van der Waals surface area contributed by atoms with Crippen LogP contribution < -0.4 is 0 Å². The lowest BCUT2D eigenvalue weighted by Gasteiger charge is -2.05. The first-order valence-corrected chi connectivity index (χ1v) is 6.62. The molecule has 1 aliphatic rings. The number of rotatable bonds is 2. The van der Waals surface area contributed by atoms with Crippen LogP contribution in [0.2, 0.25) is 0 Å². The van der Waals surface area contributed by atoms with Crippen molar-refractivity contribution >= 4 is 14.9 Å². The van der Waals surface area contributed by atoms with E-state index in [4.69, 9.17) is 0 Å². The second-order valence-electron chi connectivity index (χ2n) is 3.75. The summed E-state index contributed by atoms with van der Waals surface area (Å²) in [6, 6.07) is 3.17. The van der Waals surface area contributed by atoms with Crippen LogP contribution in [0, 0.1) is 11.6 Å². The van der Waals surface area contributed by atoms with Gasteiger partial charge in [0.1, 0.15) is 17.4 Å². The van der Waals surface area contributed by atoms with Crippen molar-refractivity contribution in [3.63, 3.8) is 0 Å². The first-order chi connectivity index (χ1) is 8.40. The predicted molar refractivity (Wildman–Crippen MR) is 61.3 cm³/mol. The molecule has 18 heavy (non-hydrogen) atoms. The maximum atomic E-state index is 13.4. The third-order valence-corrected chi connectivity index (χ3v) is 3.99. The first kappa shape index (κ1) is 12.7. The van der Waals surface area contributed by atoms with E-state index in [1.54, 1.807) is 0 Å². The number of halogens is 2. The first-order valence-electron chi connectivity index (χ1n) is 4.97. The summed E-state index contributed by atoms with van der Waals surface area (Å²) < 4.78 is 50.4. The molecule has 7 heteroatoms. The van der Waals surface area contributed by atoms with Crippen molar-refractivity contribution in [2.75, 3.05) is 0 Å². The van der Waals surface area contributed by atoms with E-state index in [9.17, 15) is 17.2 Å². The van der Waals surface area contributed by atoms with E-state index in [-0.39, 0.29) is 17.2 Å². The number of nitrogens with zero attached hydrogens (tertiary/aromatic N) is 1. The van der Waals surface area contributed by atoms with Gasteiger partial charge in [-0.15, -0.1) is 0 Å². The Morgan fingerprint density at radius 3 is 2.44 bits per heavy atom. The molecule has 0 aromatic heterocycles. The summed E-state index contributed by atoms with van der Waals surface area (Å²) in [6.07, 6.45) is -0.0710. The van der Waals surface area contributed by atoms with Crippen molar-refractivity contribution in [3.8, 4) is 0 Å². The molecule has 96 valence electrons. The number of allylic oxidation sites excluding steroid dienone is 1. The molecule has 1 heterocycles. The molecular weight excluding hydrogens is 264 g/mol. The van der Waals surface area contributed by atoms with Crippen LogP contribution in [0.5, 0.6) is 0 Å². The molecule has 0 bridgehead atoms. The monoisotopic (exact) mass is 273 g/mol. The van der Waals surface area contributed by atoms with Crippen LogP contribution in [0.3, 0.4) is 0 Å². The van der Waals surface area contributed by atoms with Gasteiger partial charge in [-0.25, -0.2) is 17.2 Å². The van der Waals surface area contributed by atoms with Crippen LogP contribution in [0.4, 0.5) is 8.78 Å². The van der Waals surface area contributed by atoms with Gasteiger partial charge in [0.15, 0.2) is 14.9 Å². The maximum Gasteiger partial charge on any atom is 0.199 e. The van der Waals surface area contributed by atoms with Gasteiger partial charge >= 0.3 is 0 Å². The Hall–Kier alpha value is -1.76. The molecule has 0 N–H and O–H groups in total. The predicted octanol–water partition coefficient (Wildman–Crippen LogP) is 2.13. The summed E-state index contributed by atoms with van der Waals surface area (Å²) in [7, 11) is -3.91. The standard InChI is InChI=1S/C11H9F2NO3S/c1-7-5-11(14-17-7)18(15,16)6-8-9(12)3-2-4-10(8)13/h2-4H,1,5-6H2. The molecule has 0 radical (unpaired) electrons. The van der Waals surface area contributed by atoms with Gasteiger partial charge in [-0.1, -0.05) is 17.8 Å². The van der Waals surface area contributed by atoms with Crippen molar-refractivity contribution < 1.29 is 22.0 Å². The van der Waals surface area contributed by atoms with E-state index in [2.05, 4.69) is 16.6 Å². The second-order valence-corrected chi connectivity index (χ2v) is 5.74. The molecule has 0 spiro atoms. The molecule has 0 fully saturated rings. The minimum absolute atomic E-state index is 0.0710. The zero-order valence-electron chi connectivity index (χ0n) is 9.19. The highest BCUT2D eigenvalue weighted by Crippen LogP contribution is 2.21. The Balaban J connectivity index is 2.32. The van der Waals surface area contributed by atoms with Gasteiger partial charge in [0.25, 0.3) is 0 Å². The third kappa shape index (κ3) is 2.40. The van der Waals surface area contributed by atoms with E-state index in [1.165, 1.54) is 6.07 Å². The average molecular weight is 273 g/mol. The van der Waals surface area contributed by atoms with Gasteiger partial charge in [0.05, 0.1) is 12.2 Å². The lowest BCUT2D eigenvalue weighted by atomic mass is 10.2. The van der Waals surface area contributed by atoms with Crippen LogP contribution in [0.15, 0.2) is 35.7 Å². The number of hydrogen-bond donors (Lipinski definition) is 0. The van der Waals surface area contributed by atoms with Crippen molar-refractivity contribution in [3.05, 3.63) is 47.7 Å². The Labute approximate surface area is 102 Å². The van der Waals surface area contributed by atoms with E-state index >= 15 is 0 Å². The second kappa shape index (κ2) is 4.49. The lowest BCUT2D eigenvalue weighted by molar-refractivity contribution is 0.246. The molecule has 0 aliphatic carbocycles. The van der Waals surface area contributed by atoms with Crippen molar-refractivity contribution in [1.82, 2.24) is 0 Å². The SMILES string of the molecule is C=C1CC(S(=O)(=O)Cc2c(F)cccc2F)=NO1. The Morgan fingerprint density at radius 2 is 1.94 bits per heavy atom.